The predicted octanol–water partition coefficient (Wildman–Crippen LogP) is 2.01. The van der Waals surface area contributed by atoms with Crippen molar-refractivity contribution in [3.63, 3.8) is 0 Å². The van der Waals surface area contributed by atoms with Crippen LogP contribution in [0.2, 0.25) is 0 Å². The molecule has 2 aliphatic heterocycles. The molecule has 0 saturated carbocycles. The standard InChI is InChI=1S/C20H31N3O2/c1-3-25-14-13-22-12-11-21(15-17(22)2)16-20(24)23-10-6-8-18-7-4-5-9-19(18)23/h4-5,7,9,17H,3,6,8,10-16H2,1-2H3/t17-/m0/s1. The number of hydrogen-bond acceptors (Lipinski definition) is 4. The van der Waals surface area contributed by atoms with E-state index in [1.807, 2.05) is 17.9 Å². The van der Waals surface area contributed by atoms with Crippen LogP contribution in [0.4, 0.5) is 5.69 Å². The van der Waals surface area contributed by atoms with E-state index in [4.69, 9.17) is 4.74 Å². The highest BCUT2D eigenvalue weighted by Crippen LogP contribution is 2.26. The molecule has 1 fully saturated rings. The Bertz CT molecular complexity index is 578. The highest BCUT2D eigenvalue weighted by Gasteiger charge is 2.28. The van der Waals surface area contributed by atoms with Crippen molar-refractivity contribution in [3.05, 3.63) is 29.8 Å². The number of benzene rings is 1. The maximum absolute atomic E-state index is 12.9. The summed E-state index contributed by atoms with van der Waals surface area (Å²) >= 11 is 0. The number of aryl methyl sites for hydroxylation is 1. The second kappa shape index (κ2) is 8.79. The van der Waals surface area contributed by atoms with E-state index in [9.17, 15) is 4.79 Å². The molecule has 0 N–H and O–H groups in total. The van der Waals surface area contributed by atoms with Crippen LogP contribution in [0.15, 0.2) is 24.3 Å². The van der Waals surface area contributed by atoms with E-state index in [-0.39, 0.29) is 5.91 Å². The molecule has 0 spiro atoms. The molecule has 1 amide bonds. The average Bonchev–Trinajstić information content (AvgIpc) is 2.63. The first-order valence-corrected chi connectivity index (χ1v) is 9.61. The zero-order valence-corrected chi connectivity index (χ0v) is 15.6. The molecule has 2 aliphatic rings. The molecule has 1 atom stereocenters. The SMILES string of the molecule is CCOCCN1CCN(CC(=O)N2CCCc3ccccc32)C[C@@H]1C. The Hall–Kier alpha value is -1.43. The van der Waals surface area contributed by atoms with Crippen LogP contribution in [0.1, 0.15) is 25.8 Å². The van der Waals surface area contributed by atoms with Crippen molar-refractivity contribution in [2.75, 3.05) is 57.4 Å². The van der Waals surface area contributed by atoms with E-state index in [0.717, 1.165) is 64.5 Å². The van der Waals surface area contributed by atoms with Crippen molar-refractivity contribution in [2.45, 2.75) is 32.7 Å². The number of fused-ring (bicyclic) bond motifs is 1. The zero-order valence-electron chi connectivity index (χ0n) is 15.6. The van der Waals surface area contributed by atoms with Crippen molar-refractivity contribution in [3.8, 4) is 0 Å². The molecule has 3 rings (SSSR count). The molecular formula is C20H31N3O2. The van der Waals surface area contributed by atoms with Gasteiger partial charge in [0.05, 0.1) is 13.2 Å². The van der Waals surface area contributed by atoms with Gasteiger partial charge in [0.25, 0.3) is 0 Å². The molecule has 1 aromatic rings. The Kier molecular flexibility index (Phi) is 6.45. The molecule has 5 heteroatoms. The van der Waals surface area contributed by atoms with Gasteiger partial charge in [-0.2, -0.15) is 0 Å². The number of ether oxygens (including phenoxy) is 1. The minimum Gasteiger partial charge on any atom is -0.380 e. The van der Waals surface area contributed by atoms with Gasteiger partial charge in [-0.25, -0.2) is 0 Å². The van der Waals surface area contributed by atoms with Crippen LogP contribution >= 0.6 is 0 Å². The predicted molar refractivity (Wildman–Crippen MR) is 101 cm³/mol. The lowest BCUT2D eigenvalue weighted by molar-refractivity contribution is -0.120. The summed E-state index contributed by atoms with van der Waals surface area (Å²) < 4.78 is 5.47. The first-order chi connectivity index (χ1) is 12.2. The summed E-state index contributed by atoms with van der Waals surface area (Å²) in [6, 6.07) is 8.80. The Morgan fingerprint density at radius 3 is 2.88 bits per heavy atom. The van der Waals surface area contributed by atoms with Gasteiger partial charge in [0, 0.05) is 51.1 Å². The van der Waals surface area contributed by atoms with Crippen LogP contribution in [-0.4, -0.2) is 74.2 Å². The number of carbonyl (C=O) groups is 1. The minimum absolute atomic E-state index is 0.238. The number of piperazine rings is 1. The van der Waals surface area contributed by atoms with Crippen LogP contribution in [0.3, 0.4) is 0 Å². The van der Waals surface area contributed by atoms with Crippen molar-refractivity contribution < 1.29 is 9.53 Å². The quantitative estimate of drug-likeness (QED) is 0.739. The van der Waals surface area contributed by atoms with Gasteiger partial charge < -0.3 is 9.64 Å². The fraction of sp³-hybridized carbons (Fsp3) is 0.650. The molecule has 25 heavy (non-hydrogen) atoms. The summed E-state index contributed by atoms with van der Waals surface area (Å²) in [7, 11) is 0. The number of para-hydroxylation sites is 1. The molecule has 2 heterocycles. The molecule has 0 bridgehead atoms. The third kappa shape index (κ3) is 4.60. The second-order valence-electron chi connectivity index (χ2n) is 7.09. The summed E-state index contributed by atoms with van der Waals surface area (Å²) in [6.45, 7) is 11.1. The van der Waals surface area contributed by atoms with Crippen LogP contribution in [0.5, 0.6) is 0 Å². The van der Waals surface area contributed by atoms with E-state index in [1.165, 1.54) is 5.56 Å². The van der Waals surface area contributed by atoms with Crippen molar-refractivity contribution >= 4 is 11.6 Å². The Morgan fingerprint density at radius 1 is 1.24 bits per heavy atom. The number of hydrogen-bond donors (Lipinski definition) is 0. The highest BCUT2D eigenvalue weighted by molar-refractivity contribution is 5.95. The third-order valence-electron chi connectivity index (χ3n) is 5.35. The molecule has 0 radical (unpaired) electrons. The van der Waals surface area contributed by atoms with Crippen molar-refractivity contribution in [1.82, 2.24) is 9.80 Å². The Morgan fingerprint density at radius 2 is 2.08 bits per heavy atom. The normalized spacial score (nSPS) is 22.0. The summed E-state index contributed by atoms with van der Waals surface area (Å²) in [4.78, 5) is 19.6. The molecule has 1 aromatic carbocycles. The molecular weight excluding hydrogens is 314 g/mol. The van der Waals surface area contributed by atoms with Gasteiger partial charge in [-0.3, -0.25) is 14.6 Å². The number of carbonyl (C=O) groups excluding carboxylic acids is 1. The zero-order chi connectivity index (χ0) is 17.6. The molecule has 138 valence electrons. The van der Waals surface area contributed by atoms with Gasteiger partial charge in [-0.05, 0) is 38.3 Å². The summed E-state index contributed by atoms with van der Waals surface area (Å²) in [5.74, 6) is 0.238. The van der Waals surface area contributed by atoms with Gasteiger partial charge in [0.15, 0.2) is 0 Å². The Labute approximate surface area is 151 Å². The number of rotatable bonds is 6. The van der Waals surface area contributed by atoms with E-state index in [2.05, 4.69) is 34.9 Å². The monoisotopic (exact) mass is 345 g/mol. The Balaban J connectivity index is 1.53. The van der Waals surface area contributed by atoms with Gasteiger partial charge in [0.1, 0.15) is 0 Å². The molecule has 0 aliphatic carbocycles. The topological polar surface area (TPSA) is 36.0 Å². The third-order valence-corrected chi connectivity index (χ3v) is 5.35. The van der Waals surface area contributed by atoms with Gasteiger partial charge in [-0.1, -0.05) is 18.2 Å². The largest absolute Gasteiger partial charge is 0.380 e. The molecule has 0 aromatic heterocycles. The van der Waals surface area contributed by atoms with Crippen LogP contribution in [0, 0.1) is 0 Å². The lowest BCUT2D eigenvalue weighted by Crippen LogP contribution is -2.55. The van der Waals surface area contributed by atoms with E-state index >= 15 is 0 Å². The fourth-order valence-corrected chi connectivity index (χ4v) is 3.94. The van der Waals surface area contributed by atoms with Gasteiger partial charge in [0.2, 0.25) is 5.91 Å². The van der Waals surface area contributed by atoms with E-state index in [1.54, 1.807) is 0 Å². The van der Waals surface area contributed by atoms with E-state index < -0.39 is 0 Å². The van der Waals surface area contributed by atoms with E-state index in [0.29, 0.717) is 12.6 Å². The van der Waals surface area contributed by atoms with Crippen LogP contribution in [0.25, 0.3) is 0 Å². The highest BCUT2D eigenvalue weighted by atomic mass is 16.5. The maximum atomic E-state index is 12.9. The molecule has 5 nitrogen and oxygen atoms in total. The first kappa shape index (κ1) is 18.4. The fourth-order valence-electron chi connectivity index (χ4n) is 3.94. The lowest BCUT2D eigenvalue weighted by atomic mass is 10.0. The van der Waals surface area contributed by atoms with Crippen LogP contribution < -0.4 is 4.90 Å². The maximum Gasteiger partial charge on any atom is 0.241 e. The van der Waals surface area contributed by atoms with Crippen LogP contribution in [-0.2, 0) is 16.0 Å². The molecule has 1 saturated heterocycles. The first-order valence-electron chi connectivity index (χ1n) is 9.61. The van der Waals surface area contributed by atoms with Crippen molar-refractivity contribution in [2.24, 2.45) is 0 Å². The average molecular weight is 345 g/mol. The minimum atomic E-state index is 0.238. The summed E-state index contributed by atoms with van der Waals surface area (Å²) in [5.41, 5.74) is 2.42. The number of anilines is 1. The van der Waals surface area contributed by atoms with Crippen molar-refractivity contribution in [1.29, 1.82) is 0 Å². The number of amides is 1. The summed E-state index contributed by atoms with van der Waals surface area (Å²) in [5, 5.41) is 0. The van der Waals surface area contributed by atoms with Gasteiger partial charge >= 0.3 is 0 Å². The second-order valence-corrected chi connectivity index (χ2v) is 7.09. The lowest BCUT2D eigenvalue weighted by Gasteiger charge is -2.40. The molecule has 0 unspecified atom stereocenters. The smallest absolute Gasteiger partial charge is 0.241 e. The number of nitrogens with zero attached hydrogens (tertiary/aromatic N) is 3. The van der Waals surface area contributed by atoms with Gasteiger partial charge in [-0.15, -0.1) is 0 Å². The summed E-state index contributed by atoms with van der Waals surface area (Å²) in [6.07, 6.45) is 2.14.